The van der Waals surface area contributed by atoms with Crippen LogP contribution in [-0.4, -0.2) is 78.0 Å². The van der Waals surface area contributed by atoms with Crippen molar-refractivity contribution in [2.24, 2.45) is 0 Å². The first-order chi connectivity index (χ1) is 19.1. The number of thioether (sulfide) groups is 1. The van der Waals surface area contributed by atoms with Crippen LogP contribution < -0.4 is 10.6 Å². The summed E-state index contributed by atoms with van der Waals surface area (Å²) in [5.41, 5.74) is 1.69. The Hall–Kier alpha value is -2.65. The number of hydrogen-bond donors (Lipinski definition) is 6. The van der Waals surface area contributed by atoms with Crippen LogP contribution in [0.15, 0.2) is 60.7 Å². The van der Waals surface area contributed by atoms with E-state index in [1.165, 1.54) is 22.7 Å². The molecule has 6 N–H and O–H groups in total. The topological polar surface area (TPSA) is 157 Å². The minimum absolute atomic E-state index is 0.190. The van der Waals surface area contributed by atoms with E-state index in [1.807, 2.05) is 60.7 Å². The molecular formula is C26H32N6O4S3. The lowest BCUT2D eigenvalue weighted by Gasteiger charge is -2.21. The third-order valence-corrected chi connectivity index (χ3v) is 8.82. The first kappa shape index (κ1) is 29.3. The van der Waals surface area contributed by atoms with Crippen LogP contribution in [0.1, 0.15) is 33.0 Å². The number of anilines is 2. The highest BCUT2D eigenvalue weighted by atomic mass is 32.2. The molecule has 0 saturated carbocycles. The van der Waals surface area contributed by atoms with Gasteiger partial charge in [0, 0.05) is 12.8 Å². The lowest BCUT2D eigenvalue weighted by Crippen LogP contribution is -2.29. The van der Waals surface area contributed by atoms with Crippen molar-refractivity contribution in [3.8, 4) is 0 Å². The van der Waals surface area contributed by atoms with Crippen molar-refractivity contribution in [2.75, 3.05) is 35.4 Å². The molecule has 4 atom stereocenters. The van der Waals surface area contributed by atoms with E-state index in [-0.39, 0.29) is 13.2 Å². The Labute approximate surface area is 239 Å². The van der Waals surface area contributed by atoms with Crippen molar-refractivity contribution < 1.29 is 20.4 Å². The first-order valence-corrected chi connectivity index (χ1v) is 15.3. The summed E-state index contributed by atoms with van der Waals surface area (Å²) in [6.45, 7) is -0.381. The molecule has 4 unspecified atom stereocenters. The molecule has 13 heteroatoms. The Kier molecular flexibility index (Phi) is 11.4. The normalized spacial score (nSPS) is 14.5. The molecule has 2 aromatic heterocycles. The van der Waals surface area contributed by atoms with Crippen molar-refractivity contribution in [2.45, 2.75) is 37.1 Å². The number of aliphatic hydroxyl groups is 4. The third-order valence-electron chi connectivity index (χ3n) is 6.01. The number of rotatable bonds is 16. The predicted octanol–water partition coefficient (Wildman–Crippen LogP) is 2.92. The molecule has 0 fully saturated rings. The van der Waals surface area contributed by atoms with Crippen LogP contribution in [0.4, 0.5) is 10.3 Å². The van der Waals surface area contributed by atoms with Gasteiger partial charge in [0.05, 0.1) is 25.0 Å². The summed E-state index contributed by atoms with van der Waals surface area (Å²) in [6.07, 6.45) is -0.459. The highest BCUT2D eigenvalue weighted by molar-refractivity contribution is 7.99. The number of aliphatic hydroxyl groups excluding tert-OH is 4. The summed E-state index contributed by atoms with van der Waals surface area (Å²) >= 11 is 4.56. The van der Waals surface area contributed by atoms with Crippen LogP contribution in [0.25, 0.3) is 0 Å². The molecule has 2 aromatic carbocycles. The molecule has 208 valence electrons. The highest BCUT2D eigenvalue weighted by Crippen LogP contribution is 2.25. The molecule has 0 aliphatic rings. The van der Waals surface area contributed by atoms with E-state index in [2.05, 4.69) is 31.0 Å². The molecule has 0 spiro atoms. The molecule has 10 nitrogen and oxygen atoms in total. The van der Waals surface area contributed by atoms with Gasteiger partial charge in [-0.15, -0.1) is 20.4 Å². The van der Waals surface area contributed by atoms with Gasteiger partial charge in [-0.2, -0.15) is 11.8 Å². The maximum Gasteiger partial charge on any atom is 0.207 e. The number of aryl methyl sites for hydroxylation is 2. The molecule has 0 aliphatic carbocycles. The Morgan fingerprint density at radius 2 is 1.05 bits per heavy atom. The summed E-state index contributed by atoms with van der Waals surface area (Å²) < 4.78 is 0. The van der Waals surface area contributed by atoms with E-state index in [9.17, 15) is 20.4 Å². The van der Waals surface area contributed by atoms with Crippen LogP contribution in [0.2, 0.25) is 0 Å². The second-order valence-electron chi connectivity index (χ2n) is 8.69. The summed E-state index contributed by atoms with van der Waals surface area (Å²) in [5, 5.41) is 65.9. The maximum absolute atomic E-state index is 10.5. The largest absolute Gasteiger partial charge is 0.396 e. The second kappa shape index (κ2) is 15.2. The fourth-order valence-corrected chi connectivity index (χ4v) is 6.56. The molecule has 0 radical (unpaired) electrons. The van der Waals surface area contributed by atoms with Gasteiger partial charge in [0.25, 0.3) is 0 Å². The van der Waals surface area contributed by atoms with Crippen LogP contribution in [0.3, 0.4) is 0 Å². The van der Waals surface area contributed by atoms with Gasteiger partial charge in [-0.25, -0.2) is 0 Å². The van der Waals surface area contributed by atoms with Crippen molar-refractivity contribution in [1.82, 2.24) is 20.4 Å². The third kappa shape index (κ3) is 8.67. The number of nitrogens with one attached hydrogen (secondary N) is 2. The summed E-state index contributed by atoms with van der Waals surface area (Å²) in [5.74, 6) is 0.790. The van der Waals surface area contributed by atoms with Crippen LogP contribution >= 0.6 is 34.4 Å². The molecule has 4 aromatic rings. The summed E-state index contributed by atoms with van der Waals surface area (Å²) in [6, 6.07) is 18.8. The minimum atomic E-state index is -0.979. The molecule has 39 heavy (non-hydrogen) atoms. The Morgan fingerprint density at radius 3 is 1.44 bits per heavy atom. The second-order valence-corrected chi connectivity index (χ2v) is 12.0. The molecule has 0 bridgehead atoms. The fourth-order valence-electron chi connectivity index (χ4n) is 3.88. The number of benzene rings is 2. The van der Waals surface area contributed by atoms with Gasteiger partial charge >= 0.3 is 0 Å². The van der Waals surface area contributed by atoms with E-state index in [4.69, 9.17) is 0 Å². The van der Waals surface area contributed by atoms with E-state index in [1.54, 1.807) is 11.8 Å². The lowest BCUT2D eigenvalue weighted by molar-refractivity contribution is 0.127. The average Bonchev–Trinajstić information content (AvgIpc) is 3.59. The van der Waals surface area contributed by atoms with Gasteiger partial charge in [0.1, 0.15) is 22.5 Å². The average molecular weight is 589 g/mol. The van der Waals surface area contributed by atoms with Gasteiger partial charge in [0.2, 0.25) is 10.3 Å². The number of nitrogens with zero attached hydrogens (tertiary/aromatic N) is 4. The van der Waals surface area contributed by atoms with Gasteiger partial charge < -0.3 is 31.1 Å². The van der Waals surface area contributed by atoms with Crippen LogP contribution in [0.5, 0.6) is 0 Å². The lowest BCUT2D eigenvalue weighted by atomic mass is 9.98. The van der Waals surface area contributed by atoms with Crippen molar-refractivity contribution in [3.63, 3.8) is 0 Å². The van der Waals surface area contributed by atoms with Crippen molar-refractivity contribution in [3.05, 3.63) is 81.8 Å². The number of aromatic nitrogens is 4. The molecule has 4 rings (SSSR count). The van der Waals surface area contributed by atoms with Gasteiger partial charge in [0.15, 0.2) is 0 Å². The van der Waals surface area contributed by atoms with E-state index < -0.39 is 24.3 Å². The van der Waals surface area contributed by atoms with E-state index in [0.29, 0.717) is 10.3 Å². The predicted molar refractivity (Wildman–Crippen MR) is 156 cm³/mol. The Morgan fingerprint density at radius 1 is 0.641 bits per heavy atom. The monoisotopic (exact) mass is 588 g/mol. The van der Waals surface area contributed by atoms with Gasteiger partial charge in [-0.3, -0.25) is 0 Å². The number of hydrogen-bond acceptors (Lipinski definition) is 13. The molecule has 0 amide bonds. The molecule has 0 aliphatic heterocycles. The highest BCUT2D eigenvalue weighted by Gasteiger charge is 2.22. The SMILES string of the molecule is OCC(c1ccccc1)C(O)Nc1nnc(CCSCCc2nnc(NC(O)C(CO)c3ccccc3)s2)s1. The maximum atomic E-state index is 10.5. The first-order valence-electron chi connectivity index (χ1n) is 12.5. The zero-order chi connectivity index (χ0) is 27.5. The van der Waals surface area contributed by atoms with Crippen molar-refractivity contribution in [1.29, 1.82) is 0 Å². The summed E-state index contributed by atoms with van der Waals surface area (Å²) in [7, 11) is 0. The zero-order valence-corrected chi connectivity index (χ0v) is 23.6. The standard InChI is InChI=1S/C26H32N6O4S3/c33-15-19(17-7-3-1-4-8-17)23(35)27-25-31-29-21(38-25)11-13-37-14-12-22-30-32-26(39-22)28-24(36)20(16-34)18-9-5-2-6-10-18/h1-10,19-20,23-24,33-36H,11-16H2,(H,27,31)(H,28,32). The quantitative estimate of drug-likeness (QED) is 0.0845. The van der Waals surface area contributed by atoms with Gasteiger partial charge in [-0.1, -0.05) is 83.3 Å². The minimum Gasteiger partial charge on any atom is -0.396 e. The van der Waals surface area contributed by atoms with E-state index in [0.717, 1.165) is 45.5 Å². The molecule has 2 heterocycles. The summed E-state index contributed by atoms with van der Waals surface area (Å²) in [4.78, 5) is 0. The van der Waals surface area contributed by atoms with Crippen LogP contribution in [-0.2, 0) is 12.8 Å². The van der Waals surface area contributed by atoms with E-state index >= 15 is 0 Å². The van der Waals surface area contributed by atoms with Crippen molar-refractivity contribution >= 4 is 44.7 Å². The Bertz CT molecular complexity index is 1150. The van der Waals surface area contributed by atoms with Crippen LogP contribution in [0, 0.1) is 0 Å². The molecular weight excluding hydrogens is 557 g/mol. The smallest absolute Gasteiger partial charge is 0.207 e. The zero-order valence-electron chi connectivity index (χ0n) is 21.1. The molecule has 0 saturated heterocycles. The fraction of sp³-hybridized carbons (Fsp3) is 0.385. The van der Waals surface area contributed by atoms with Gasteiger partial charge in [-0.05, 0) is 22.6 Å². The Balaban J connectivity index is 1.16.